The first-order valence-electron chi connectivity index (χ1n) is 12.3. The first-order valence-corrected chi connectivity index (χ1v) is 12.3. The number of aromatic nitrogens is 5. The lowest BCUT2D eigenvalue weighted by Gasteiger charge is -2.18. The number of carbonyl (C=O) groups is 2. The molecule has 0 aliphatic rings. The van der Waals surface area contributed by atoms with Crippen molar-refractivity contribution < 1.29 is 14.3 Å². The van der Waals surface area contributed by atoms with Crippen LogP contribution in [0, 0.1) is 0 Å². The van der Waals surface area contributed by atoms with Crippen molar-refractivity contribution >= 4 is 34.2 Å². The van der Waals surface area contributed by atoms with Gasteiger partial charge in [-0.25, -0.2) is 4.79 Å². The zero-order valence-electron chi connectivity index (χ0n) is 21.9. The molecule has 0 saturated heterocycles. The van der Waals surface area contributed by atoms with E-state index in [-0.39, 0.29) is 17.1 Å². The molecule has 3 amide bonds. The van der Waals surface area contributed by atoms with Gasteiger partial charge in [-0.2, -0.15) is 10.2 Å². The lowest BCUT2D eigenvalue weighted by atomic mass is 10.1. The number of aromatic amines is 1. The minimum absolute atomic E-state index is 0.254. The molecule has 2 aromatic carbocycles. The van der Waals surface area contributed by atoms with Crippen LogP contribution in [0.2, 0.25) is 0 Å². The van der Waals surface area contributed by atoms with Gasteiger partial charge in [0.05, 0.1) is 22.9 Å². The summed E-state index contributed by atoms with van der Waals surface area (Å²) in [5, 5.41) is 21.1. The van der Waals surface area contributed by atoms with Gasteiger partial charge >= 0.3 is 6.03 Å². The zero-order chi connectivity index (χ0) is 27.6. The molecular formula is C28H28N8O3. The van der Waals surface area contributed by atoms with Crippen LogP contribution < -0.4 is 20.7 Å². The van der Waals surface area contributed by atoms with E-state index in [4.69, 9.17) is 9.84 Å². The minimum Gasteiger partial charge on any atom is -0.457 e. The van der Waals surface area contributed by atoms with Crippen molar-refractivity contribution in [3.63, 3.8) is 0 Å². The standard InChI is InChI=1S/C28H28N8O3/c1-28(2,3)36-16-24(25(35-36)17-5-10-22-18(13-17)15-31-34-22)33-27(38)32-19-6-8-20(9-7-19)39-21-11-12-30-23(14-21)26(37)29-4/h5-16H,1-4H3,(H,29,37)(H,31,34)(H2,32,33,38). The molecule has 11 nitrogen and oxygen atoms in total. The van der Waals surface area contributed by atoms with Gasteiger partial charge in [-0.05, 0) is 63.2 Å². The van der Waals surface area contributed by atoms with Crippen LogP contribution >= 0.6 is 0 Å². The highest BCUT2D eigenvalue weighted by atomic mass is 16.5. The molecule has 39 heavy (non-hydrogen) atoms. The van der Waals surface area contributed by atoms with Crippen LogP contribution in [-0.2, 0) is 5.54 Å². The van der Waals surface area contributed by atoms with Crippen LogP contribution in [0.25, 0.3) is 22.2 Å². The molecule has 3 heterocycles. The Morgan fingerprint density at radius 2 is 1.77 bits per heavy atom. The van der Waals surface area contributed by atoms with Crippen molar-refractivity contribution in [2.24, 2.45) is 0 Å². The van der Waals surface area contributed by atoms with E-state index in [1.165, 1.54) is 13.2 Å². The summed E-state index contributed by atoms with van der Waals surface area (Å²) in [4.78, 5) is 28.8. The van der Waals surface area contributed by atoms with Crippen LogP contribution in [0.5, 0.6) is 11.5 Å². The van der Waals surface area contributed by atoms with E-state index < -0.39 is 6.03 Å². The maximum atomic E-state index is 13.0. The quantitative estimate of drug-likeness (QED) is 0.235. The number of hydrogen-bond acceptors (Lipinski definition) is 6. The van der Waals surface area contributed by atoms with E-state index in [0.29, 0.717) is 28.6 Å². The van der Waals surface area contributed by atoms with E-state index >= 15 is 0 Å². The molecule has 4 N–H and O–H groups in total. The van der Waals surface area contributed by atoms with Gasteiger partial charge in [-0.1, -0.05) is 6.07 Å². The van der Waals surface area contributed by atoms with Gasteiger partial charge in [0.2, 0.25) is 0 Å². The van der Waals surface area contributed by atoms with Crippen LogP contribution in [0.4, 0.5) is 16.2 Å². The third-order valence-electron chi connectivity index (χ3n) is 5.90. The fourth-order valence-corrected chi connectivity index (χ4v) is 3.87. The maximum Gasteiger partial charge on any atom is 0.323 e. The summed E-state index contributed by atoms with van der Waals surface area (Å²) in [5.41, 5.74) is 3.56. The summed E-state index contributed by atoms with van der Waals surface area (Å²) in [5.74, 6) is 0.710. The van der Waals surface area contributed by atoms with Gasteiger partial charge < -0.3 is 20.7 Å². The summed E-state index contributed by atoms with van der Waals surface area (Å²) in [7, 11) is 1.54. The molecule has 0 radical (unpaired) electrons. The Balaban J connectivity index is 1.30. The van der Waals surface area contributed by atoms with Crippen LogP contribution in [0.1, 0.15) is 31.3 Å². The van der Waals surface area contributed by atoms with Gasteiger partial charge in [-0.3, -0.25) is 19.6 Å². The van der Waals surface area contributed by atoms with E-state index in [2.05, 4.69) is 31.1 Å². The van der Waals surface area contributed by atoms with E-state index in [1.807, 2.05) is 49.8 Å². The maximum absolute atomic E-state index is 13.0. The number of rotatable bonds is 6. The summed E-state index contributed by atoms with van der Waals surface area (Å²) in [6.07, 6.45) is 5.08. The molecule has 5 aromatic rings. The minimum atomic E-state index is -0.410. The zero-order valence-corrected chi connectivity index (χ0v) is 21.9. The molecule has 0 bridgehead atoms. The number of fused-ring (bicyclic) bond motifs is 1. The Morgan fingerprint density at radius 1 is 0.974 bits per heavy atom. The summed E-state index contributed by atoms with van der Waals surface area (Å²) >= 11 is 0. The van der Waals surface area contributed by atoms with Crippen LogP contribution in [-0.4, -0.2) is 43.9 Å². The Labute approximate surface area is 224 Å². The van der Waals surface area contributed by atoms with Crippen LogP contribution in [0.15, 0.2) is 73.2 Å². The largest absolute Gasteiger partial charge is 0.457 e. The summed E-state index contributed by atoms with van der Waals surface area (Å²) in [6, 6.07) is 15.6. The first kappa shape index (κ1) is 25.5. The summed E-state index contributed by atoms with van der Waals surface area (Å²) in [6.45, 7) is 6.13. The highest BCUT2D eigenvalue weighted by Gasteiger charge is 2.21. The SMILES string of the molecule is CNC(=O)c1cc(Oc2ccc(NC(=O)Nc3cn(C(C)(C)C)nc3-c3ccc4[nH]ncc4c3)cc2)ccn1. The number of urea groups is 1. The molecule has 0 spiro atoms. The van der Waals surface area contributed by atoms with Crippen LogP contribution in [0.3, 0.4) is 0 Å². The number of amides is 3. The van der Waals surface area contributed by atoms with Crippen molar-refractivity contribution in [1.82, 2.24) is 30.3 Å². The third-order valence-corrected chi connectivity index (χ3v) is 5.90. The molecule has 0 aliphatic carbocycles. The van der Waals surface area contributed by atoms with Gasteiger partial charge in [0.1, 0.15) is 22.9 Å². The highest BCUT2D eigenvalue weighted by molar-refractivity contribution is 6.02. The number of H-pyrrole nitrogens is 1. The molecule has 11 heteroatoms. The van der Waals surface area contributed by atoms with Crippen molar-refractivity contribution in [3.05, 3.63) is 78.9 Å². The Kier molecular flexibility index (Phi) is 6.72. The van der Waals surface area contributed by atoms with Crippen molar-refractivity contribution in [1.29, 1.82) is 0 Å². The lowest BCUT2D eigenvalue weighted by molar-refractivity contribution is 0.0957. The van der Waals surface area contributed by atoms with Crippen molar-refractivity contribution in [3.8, 4) is 22.8 Å². The number of anilines is 2. The van der Waals surface area contributed by atoms with Crippen molar-refractivity contribution in [2.45, 2.75) is 26.3 Å². The van der Waals surface area contributed by atoms with E-state index in [1.54, 1.807) is 42.6 Å². The van der Waals surface area contributed by atoms with Gasteiger partial charge in [0, 0.05) is 42.1 Å². The molecule has 0 aliphatic heterocycles. The number of hydrogen-bond donors (Lipinski definition) is 4. The molecule has 0 atom stereocenters. The average molecular weight is 525 g/mol. The average Bonchev–Trinajstić information content (AvgIpc) is 3.56. The van der Waals surface area contributed by atoms with Gasteiger partial charge in [0.15, 0.2) is 0 Å². The second-order valence-electron chi connectivity index (χ2n) is 9.84. The molecule has 198 valence electrons. The fraction of sp³-hybridized carbons (Fsp3) is 0.179. The third kappa shape index (κ3) is 5.72. The number of nitrogens with one attached hydrogen (secondary N) is 4. The Hall–Kier alpha value is -5.19. The highest BCUT2D eigenvalue weighted by Crippen LogP contribution is 2.31. The number of ether oxygens (including phenoxy) is 1. The molecule has 0 unspecified atom stereocenters. The molecule has 0 fully saturated rings. The van der Waals surface area contributed by atoms with Gasteiger partial charge in [-0.15, -0.1) is 0 Å². The second kappa shape index (κ2) is 10.3. The number of nitrogens with zero attached hydrogens (tertiary/aromatic N) is 4. The fourth-order valence-electron chi connectivity index (χ4n) is 3.87. The molecule has 3 aromatic heterocycles. The van der Waals surface area contributed by atoms with E-state index in [0.717, 1.165) is 16.5 Å². The smallest absolute Gasteiger partial charge is 0.323 e. The molecule has 5 rings (SSSR count). The lowest BCUT2D eigenvalue weighted by Crippen LogP contribution is -2.22. The number of carbonyl (C=O) groups excluding carboxylic acids is 2. The van der Waals surface area contributed by atoms with Gasteiger partial charge in [0.25, 0.3) is 5.91 Å². The monoisotopic (exact) mass is 524 g/mol. The van der Waals surface area contributed by atoms with Crippen molar-refractivity contribution in [2.75, 3.05) is 17.7 Å². The molecular weight excluding hydrogens is 496 g/mol. The number of pyridine rings is 1. The number of benzene rings is 2. The topological polar surface area (TPSA) is 139 Å². The first-order chi connectivity index (χ1) is 18.7. The predicted molar refractivity (Wildman–Crippen MR) is 149 cm³/mol. The Bertz CT molecular complexity index is 1650. The normalized spacial score (nSPS) is 11.3. The second-order valence-corrected chi connectivity index (χ2v) is 9.84. The Morgan fingerprint density at radius 3 is 2.51 bits per heavy atom. The summed E-state index contributed by atoms with van der Waals surface area (Å²) < 4.78 is 7.66. The van der Waals surface area contributed by atoms with E-state index in [9.17, 15) is 9.59 Å². The predicted octanol–water partition coefficient (Wildman–Crippen LogP) is 5.37. The molecule has 0 saturated carbocycles.